The molecule has 1 fully saturated rings. The van der Waals surface area contributed by atoms with E-state index in [-0.39, 0.29) is 11.4 Å². The maximum absolute atomic E-state index is 11.0. The van der Waals surface area contributed by atoms with Crippen molar-refractivity contribution >= 4 is 9.84 Å². The Labute approximate surface area is 67.7 Å². The molecule has 1 aliphatic rings. The normalized spacial score (nSPS) is 32.5. The summed E-state index contributed by atoms with van der Waals surface area (Å²) in [6.45, 7) is 0. The quantitative estimate of drug-likeness (QED) is 0.622. The molecule has 2 atom stereocenters. The summed E-state index contributed by atoms with van der Waals surface area (Å²) in [6.07, 6.45) is 3.78. The molecule has 3 nitrogen and oxygen atoms in total. The molecule has 1 aliphatic carbocycles. The van der Waals surface area contributed by atoms with Crippen LogP contribution in [0.15, 0.2) is 0 Å². The standard InChI is InChI=1S/C7H14O3S/c1-10-6-3-4-7(5-6)11(2,8)9/h6-7H,3-5H2,1-2H3/t6-,7?/m1/s1. The third kappa shape index (κ3) is 2.17. The molecule has 1 rings (SSSR count). The van der Waals surface area contributed by atoms with Gasteiger partial charge in [0.2, 0.25) is 0 Å². The zero-order valence-corrected chi connectivity index (χ0v) is 7.73. The summed E-state index contributed by atoms with van der Waals surface area (Å²) < 4.78 is 27.2. The molecule has 0 heterocycles. The van der Waals surface area contributed by atoms with E-state index in [1.54, 1.807) is 7.11 Å². The maximum Gasteiger partial charge on any atom is 0.150 e. The van der Waals surface area contributed by atoms with Gasteiger partial charge >= 0.3 is 0 Å². The number of hydrogen-bond acceptors (Lipinski definition) is 3. The predicted octanol–water partition coefficient (Wildman–Crippen LogP) is 0.599. The molecule has 1 unspecified atom stereocenters. The monoisotopic (exact) mass is 178 g/mol. The number of methoxy groups -OCH3 is 1. The van der Waals surface area contributed by atoms with E-state index in [1.807, 2.05) is 0 Å². The van der Waals surface area contributed by atoms with Gasteiger partial charge in [0.05, 0.1) is 11.4 Å². The first-order valence-electron chi connectivity index (χ1n) is 3.75. The van der Waals surface area contributed by atoms with Crippen LogP contribution in [0.1, 0.15) is 19.3 Å². The highest BCUT2D eigenvalue weighted by molar-refractivity contribution is 7.91. The molecule has 0 bridgehead atoms. The van der Waals surface area contributed by atoms with Crippen molar-refractivity contribution in [3.8, 4) is 0 Å². The van der Waals surface area contributed by atoms with E-state index in [4.69, 9.17) is 4.74 Å². The molecule has 0 aromatic carbocycles. The van der Waals surface area contributed by atoms with Gasteiger partial charge in [-0.2, -0.15) is 0 Å². The Balaban J connectivity index is 2.55. The fourth-order valence-electron chi connectivity index (χ4n) is 1.50. The minimum atomic E-state index is -2.83. The van der Waals surface area contributed by atoms with Crippen molar-refractivity contribution < 1.29 is 13.2 Å². The third-order valence-corrected chi connectivity index (χ3v) is 3.91. The van der Waals surface area contributed by atoms with Crippen LogP contribution in [0.5, 0.6) is 0 Å². The molecule has 0 amide bonds. The van der Waals surface area contributed by atoms with Crippen molar-refractivity contribution in [3.05, 3.63) is 0 Å². The van der Waals surface area contributed by atoms with Crippen LogP contribution in [0.4, 0.5) is 0 Å². The zero-order chi connectivity index (χ0) is 8.48. The molecule has 0 radical (unpaired) electrons. The predicted molar refractivity (Wildman–Crippen MR) is 43.3 cm³/mol. The van der Waals surface area contributed by atoms with Gasteiger partial charge in [-0.05, 0) is 19.3 Å². The molecule has 4 heteroatoms. The lowest BCUT2D eigenvalue weighted by Gasteiger charge is -2.07. The summed E-state index contributed by atoms with van der Waals surface area (Å²) >= 11 is 0. The minimum absolute atomic E-state index is 0.160. The van der Waals surface area contributed by atoms with Crippen LogP contribution in [-0.4, -0.2) is 33.1 Å². The van der Waals surface area contributed by atoms with Crippen molar-refractivity contribution in [2.75, 3.05) is 13.4 Å². The smallest absolute Gasteiger partial charge is 0.150 e. The average Bonchev–Trinajstić information content (AvgIpc) is 2.32. The second-order valence-electron chi connectivity index (χ2n) is 3.12. The van der Waals surface area contributed by atoms with Gasteiger partial charge < -0.3 is 4.74 Å². The van der Waals surface area contributed by atoms with Crippen LogP contribution in [0.3, 0.4) is 0 Å². The van der Waals surface area contributed by atoms with Crippen LogP contribution in [0.2, 0.25) is 0 Å². The van der Waals surface area contributed by atoms with E-state index in [0.29, 0.717) is 6.42 Å². The van der Waals surface area contributed by atoms with Crippen molar-refractivity contribution in [1.29, 1.82) is 0 Å². The van der Waals surface area contributed by atoms with Crippen molar-refractivity contribution in [2.24, 2.45) is 0 Å². The molecular formula is C7H14O3S. The number of ether oxygens (including phenoxy) is 1. The first kappa shape index (κ1) is 9.00. The first-order chi connectivity index (χ1) is 5.04. The Hall–Kier alpha value is -0.0900. The maximum atomic E-state index is 11.0. The Morgan fingerprint density at radius 2 is 2.00 bits per heavy atom. The zero-order valence-electron chi connectivity index (χ0n) is 6.91. The summed E-state index contributed by atoms with van der Waals surface area (Å²) in [7, 11) is -1.19. The SMILES string of the molecule is CO[C@@H]1CCC(S(C)(=O)=O)C1. The summed E-state index contributed by atoms with van der Waals surface area (Å²) in [5.74, 6) is 0. The number of sulfone groups is 1. The molecule has 1 saturated carbocycles. The lowest BCUT2D eigenvalue weighted by molar-refractivity contribution is 0.109. The Bertz CT molecular complexity index is 220. The van der Waals surface area contributed by atoms with E-state index >= 15 is 0 Å². The first-order valence-corrected chi connectivity index (χ1v) is 5.71. The van der Waals surface area contributed by atoms with Gasteiger partial charge in [-0.1, -0.05) is 0 Å². The second kappa shape index (κ2) is 3.11. The Morgan fingerprint density at radius 1 is 1.36 bits per heavy atom. The van der Waals surface area contributed by atoms with Crippen LogP contribution < -0.4 is 0 Å². The van der Waals surface area contributed by atoms with Gasteiger partial charge in [-0.3, -0.25) is 0 Å². The van der Waals surface area contributed by atoms with Crippen molar-refractivity contribution in [1.82, 2.24) is 0 Å². The fourth-order valence-corrected chi connectivity index (χ4v) is 2.63. The summed E-state index contributed by atoms with van der Waals surface area (Å²) in [6, 6.07) is 0. The van der Waals surface area contributed by atoms with Crippen LogP contribution in [-0.2, 0) is 14.6 Å². The Kier molecular flexibility index (Phi) is 2.54. The van der Waals surface area contributed by atoms with Gasteiger partial charge in [-0.25, -0.2) is 8.42 Å². The molecule has 0 aliphatic heterocycles. The Morgan fingerprint density at radius 3 is 2.27 bits per heavy atom. The number of rotatable bonds is 2. The minimum Gasteiger partial charge on any atom is -0.381 e. The van der Waals surface area contributed by atoms with Crippen LogP contribution >= 0.6 is 0 Å². The average molecular weight is 178 g/mol. The van der Waals surface area contributed by atoms with E-state index < -0.39 is 9.84 Å². The van der Waals surface area contributed by atoms with E-state index in [2.05, 4.69) is 0 Å². The fraction of sp³-hybridized carbons (Fsp3) is 1.00. The second-order valence-corrected chi connectivity index (χ2v) is 5.45. The highest BCUT2D eigenvalue weighted by Gasteiger charge is 2.31. The van der Waals surface area contributed by atoms with Gasteiger partial charge in [0.25, 0.3) is 0 Å². The summed E-state index contributed by atoms with van der Waals surface area (Å²) in [5, 5.41) is -0.160. The van der Waals surface area contributed by atoms with Gasteiger partial charge in [-0.15, -0.1) is 0 Å². The van der Waals surface area contributed by atoms with Crippen LogP contribution in [0.25, 0.3) is 0 Å². The number of hydrogen-bond donors (Lipinski definition) is 0. The lowest BCUT2D eigenvalue weighted by atomic mass is 10.3. The van der Waals surface area contributed by atoms with Gasteiger partial charge in [0.15, 0.2) is 0 Å². The molecule has 0 aromatic rings. The third-order valence-electron chi connectivity index (χ3n) is 2.28. The largest absolute Gasteiger partial charge is 0.381 e. The molecular weight excluding hydrogens is 164 g/mol. The highest BCUT2D eigenvalue weighted by atomic mass is 32.2. The molecule has 0 spiro atoms. The lowest BCUT2D eigenvalue weighted by Crippen LogP contribution is -2.17. The highest BCUT2D eigenvalue weighted by Crippen LogP contribution is 2.26. The molecule has 0 saturated heterocycles. The molecule has 11 heavy (non-hydrogen) atoms. The van der Waals surface area contributed by atoms with Gasteiger partial charge in [0, 0.05) is 13.4 Å². The summed E-state index contributed by atoms with van der Waals surface area (Å²) in [4.78, 5) is 0. The van der Waals surface area contributed by atoms with Gasteiger partial charge in [0.1, 0.15) is 9.84 Å². The van der Waals surface area contributed by atoms with Crippen LogP contribution in [0, 0.1) is 0 Å². The topological polar surface area (TPSA) is 43.4 Å². The van der Waals surface area contributed by atoms with E-state index in [1.165, 1.54) is 6.26 Å². The molecule has 66 valence electrons. The molecule has 0 aromatic heterocycles. The van der Waals surface area contributed by atoms with E-state index in [0.717, 1.165) is 12.8 Å². The summed E-state index contributed by atoms with van der Waals surface area (Å²) in [5.41, 5.74) is 0. The van der Waals surface area contributed by atoms with Crippen molar-refractivity contribution in [2.45, 2.75) is 30.6 Å². The van der Waals surface area contributed by atoms with E-state index in [9.17, 15) is 8.42 Å². The van der Waals surface area contributed by atoms with Crippen molar-refractivity contribution in [3.63, 3.8) is 0 Å². The molecule has 0 N–H and O–H groups in total.